The molecule has 2 aromatic carbocycles. The topological polar surface area (TPSA) is 52.5 Å². The zero-order chi connectivity index (χ0) is 19.5. The molecular formula is C23H26N2O3. The van der Waals surface area contributed by atoms with Gasteiger partial charge in [-0.05, 0) is 49.1 Å². The molecule has 1 fully saturated rings. The van der Waals surface area contributed by atoms with Gasteiger partial charge in [0.1, 0.15) is 12.4 Å². The first-order valence-corrected chi connectivity index (χ1v) is 9.78. The van der Waals surface area contributed by atoms with Crippen LogP contribution in [0.4, 0.5) is 5.69 Å². The van der Waals surface area contributed by atoms with Gasteiger partial charge in [0, 0.05) is 30.8 Å². The Morgan fingerprint density at radius 1 is 1.29 bits per heavy atom. The fourth-order valence-electron chi connectivity index (χ4n) is 3.74. The van der Waals surface area contributed by atoms with Crippen LogP contribution in [-0.4, -0.2) is 29.8 Å². The third-order valence-electron chi connectivity index (χ3n) is 5.19. The molecule has 5 nitrogen and oxygen atoms in total. The van der Waals surface area contributed by atoms with Crippen molar-refractivity contribution >= 4 is 22.5 Å². The van der Waals surface area contributed by atoms with E-state index < -0.39 is 0 Å². The number of fused-ring (bicyclic) bond motifs is 1. The van der Waals surface area contributed by atoms with Gasteiger partial charge in [-0.15, -0.1) is 0 Å². The molecule has 1 amide bonds. The number of hydrogen-bond acceptors (Lipinski definition) is 3. The van der Waals surface area contributed by atoms with Crippen molar-refractivity contribution in [1.29, 1.82) is 0 Å². The van der Waals surface area contributed by atoms with E-state index in [1.807, 2.05) is 50.5 Å². The summed E-state index contributed by atoms with van der Waals surface area (Å²) in [4.78, 5) is 12.7. The smallest absolute Gasteiger partial charge is 0.228 e. The molecule has 1 saturated heterocycles. The molecule has 0 aliphatic carbocycles. The van der Waals surface area contributed by atoms with Crippen LogP contribution in [0.1, 0.15) is 24.0 Å². The van der Waals surface area contributed by atoms with Crippen LogP contribution in [0.25, 0.3) is 10.9 Å². The average Bonchev–Trinajstić information content (AvgIpc) is 3.31. The molecule has 1 aliphatic rings. The molecule has 1 atom stereocenters. The number of benzene rings is 2. The molecule has 0 radical (unpaired) electrons. The van der Waals surface area contributed by atoms with Crippen LogP contribution in [0.3, 0.4) is 0 Å². The Bertz CT molecular complexity index is 987. The van der Waals surface area contributed by atoms with E-state index in [-0.39, 0.29) is 12.0 Å². The zero-order valence-electron chi connectivity index (χ0n) is 16.4. The third-order valence-corrected chi connectivity index (χ3v) is 5.19. The van der Waals surface area contributed by atoms with Gasteiger partial charge in [0.15, 0.2) is 0 Å². The second-order valence-corrected chi connectivity index (χ2v) is 7.45. The molecule has 2 heterocycles. The molecular weight excluding hydrogens is 352 g/mol. The Balaban J connectivity index is 1.47. The summed E-state index contributed by atoms with van der Waals surface area (Å²) in [6, 6.07) is 14.0. The molecule has 0 saturated carbocycles. The Kier molecular flexibility index (Phi) is 5.35. The molecule has 3 aromatic rings. The first-order chi connectivity index (χ1) is 13.6. The fraction of sp³-hybridized carbons (Fsp3) is 0.348. The molecule has 0 bridgehead atoms. The molecule has 1 unspecified atom stereocenters. The van der Waals surface area contributed by atoms with Crippen molar-refractivity contribution < 1.29 is 14.3 Å². The van der Waals surface area contributed by atoms with E-state index in [0.717, 1.165) is 41.5 Å². The monoisotopic (exact) mass is 378 g/mol. The van der Waals surface area contributed by atoms with Gasteiger partial charge in [-0.2, -0.15) is 0 Å². The maximum Gasteiger partial charge on any atom is 0.228 e. The second-order valence-electron chi connectivity index (χ2n) is 7.45. The summed E-state index contributed by atoms with van der Waals surface area (Å²) < 4.78 is 13.7. The number of aryl methyl sites for hydroxylation is 2. The van der Waals surface area contributed by atoms with E-state index in [0.29, 0.717) is 24.5 Å². The third kappa shape index (κ3) is 4.04. The highest BCUT2D eigenvalue weighted by Gasteiger charge is 2.18. The number of ether oxygens (including phenoxy) is 2. The quantitative estimate of drug-likeness (QED) is 0.698. The van der Waals surface area contributed by atoms with Crippen molar-refractivity contribution in [2.75, 3.05) is 18.5 Å². The fourth-order valence-corrected chi connectivity index (χ4v) is 3.74. The van der Waals surface area contributed by atoms with Crippen molar-refractivity contribution in [3.8, 4) is 5.75 Å². The number of para-hydroxylation sites is 1. The Hall–Kier alpha value is -2.79. The molecule has 1 aromatic heterocycles. The lowest BCUT2D eigenvalue weighted by Gasteiger charge is -2.16. The highest BCUT2D eigenvalue weighted by Crippen LogP contribution is 2.28. The van der Waals surface area contributed by atoms with Crippen LogP contribution in [0.5, 0.6) is 5.75 Å². The molecule has 1 N–H and O–H groups in total. The first-order valence-electron chi connectivity index (χ1n) is 9.78. The van der Waals surface area contributed by atoms with Crippen LogP contribution >= 0.6 is 0 Å². The van der Waals surface area contributed by atoms with E-state index in [1.54, 1.807) is 0 Å². The van der Waals surface area contributed by atoms with E-state index >= 15 is 0 Å². The van der Waals surface area contributed by atoms with Crippen molar-refractivity contribution in [3.63, 3.8) is 0 Å². The van der Waals surface area contributed by atoms with E-state index in [2.05, 4.69) is 22.0 Å². The van der Waals surface area contributed by atoms with E-state index in [1.165, 1.54) is 0 Å². The summed E-state index contributed by atoms with van der Waals surface area (Å²) in [7, 11) is 2.00. The first kappa shape index (κ1) is 18.6. The summed E-state index contributed by atoms with van der Waals surface area (Å²) in [5.41, 5.74) is 3.94. The van der Waals surface area contributed by atoms with E-state index in [9.17, 15) is 4.79 Å². The second kappa shape index (κ2) is 8.07. The number of carbonyl (C=O) groups is 1. The maximum absolute atomic E-state index is 12.7. The normalized spacial score (nSPS) is 16.4. The molecule has 0 spiro atoms. The van der Waals surface area contributed by atoms with Crippen molar-refractivity contribution in [3.05, 3.63) is 59.8 Å². The van der Waals surface area contributed by atoms with Crippen molar-refractivity contribution in [2.45, 2.75) is 32.3 Å². The SMILES string of the molecule is Cc1ccc(NC(=O)Cc2cn(C)c3ccccc23)c(OCC2CCCO2)c1. The number of hydrogen-bond donors (Lipinski definition) is 1. The number of nitrogens with zero attached hydrogens (tertiary/aromatic N) is 1. The van der Waals surface area contributed by atoms with Gasteiger partial charge in [0.2, 0.25) is 5.91 Å². The minimum absolute atomic E-state index is 0.0535. The Labute approximate surface area is 165 Å². The van der Waals surface area contributed by atoms with Crippen molar-refractivity contribution in [1.82, 2.24) is 4.57 Å². The number of aromatic nitrogens is 1. The average molecular weight is 378 g/mol. The summed E-state index contributed by atoms with van der Waals surface area (Å²) in [6.07, 6.45) is 4.58. The number of anilines is 1. The van der Waals surface area contributed by atoms with Gasteiger partial charge >= 0.3 is 0 Å². The van der Waals surface area contributed by atoms with Crippen LogP contribution in [0.15, 0.2) is 48.7 Å². The molecule has 4 rings (SSSR count). The van der Waals surface area contributed by atoms with Crippen LogP contribution in [0, 0.1) is 6.92 Å². The van der Waals surface area contributed by atoms with Gasteiger partial charge in [-0.1, -0.05) is 24.3 Å². The van der Waals surface area contributed by atoms with E-state index in [4.69, 9.17) is 9.47 Å². The van der Waals surface area contributed by atoms with Gasteiger partial charge in [-0.25, -0.2) is 0 Å². The Morgan fingerprint density at radius 2 is 2.14 bits per heavy atom. The van der Waals surface area contributed by atoms with Gasteiger partial charge in [0.25, 0.3) is 0 Å². The molecule has 28 heavy (non-hydrogen) atoms. The number of carbonyl (C=O) groups excluding carboxylic acids is 1. The minimum Gasteiger partial charge on any atom is -0.489 e. The van der Waals surface area contributed by atoms with Crippen LogP contribution < -0.4 is 10.1 Å². The molecule has 146 valence electrons. The van der Waals surface area contributed by atoms with Crippen molar-refractivity contribution in [2.24, 2.45) is 7.05 Å². The lowest BCUT2D eigenvalue weighted by molar-refractivity contribution is -0.115. The van der Waals surface area contributed by atoms with Gasteiger partial charge in [-0.3, -0.25) is 4.79 Å². The summed E-state index contributed by atoms with van der Waals surface area (Å²) in [6.45, 7) is 3.33. The predicted octanol–water partition coefficient (Wildman–Crippen LogP) is 4.23. The van der Waals surface area contributed by atoms with Crippen LogP contribution in [0.2, 0.25) is 0 Å². The highest BCUT2D eigenvalue weighted by molar-refractivity contribution is 5.96. The predicted molar refractivity (Wildman–Crippen MR) is 111 cm³/mol. The maximum atomic E-state index is 12.7. The Morgan fingerprint density at radius 3 is 2.96 bits per heavy atom. The van der Waals surface area contributed by atoms with Crippen LogP contribution in [-0.2, 0) is 23.0 Å². The standard InChI is InChI=1S/C23H26N2O3/c1-16-9-10-20(22(12-16)28-15-18-6-5-11-27-18)24-23(26)13-17-14-25(2)21-8-4-3-7-19(17)21/h3-4,7-10,12,14,18H,5-6,11,13,15H2,1-2H3,(H,24,26). The summed E-state index contributed by atoms with van der Waals surface area (Å²) in [5, 5.41) is 4.13. The molecule has 1 aliphatic heterocycles. The lowest BCUT2D eigenvalue weighted by Crippen LogP contribution is -2.19. The number of amides is 1. The van der Waals surface area contributed by atoms with Gasteiger partial charge in [0.05, 0.1) is 18.2 Å². The lowest BCUT2D eigenvalue weighted by atomic mass is 10.1. The highest BCUT2D eigenvalue weighted by atomic mass is 16.5. The zero-order valence-corrected chi connectivity index (χ0v) is 16.4. The summed E-state index contributed by atoms with van der Waals surface area (Å²) in [5.74, 6) is 0.643. The number of rotatable bonds is 6. The summed E-state index contributed by atoms with van der Waals surface area (Å²) >= 11 is 0. The van der Waals surface area contributed by atoms with Gasteiger partial charge < -0.3 is 19.4 Å². The minimum atomic E-state index is -0.0535. The molecule has 5 heteroatoms. The largest absolute Gasteiger partial charge is 0.489 e. The number of nitrogens with one attached hydrogen (secondary N) is 1.